The fourth-order valence-electron chi connectivity index (χ4n) is 1.19. The number of rotatable bonds is 6. The highest BCUT2D eigenvalue weighted by molar-refractivity contribution is 5.84. The van der Waals surface area contributed by atoms with Crippen molar-refractivity contribution in [2.45, 2.75) is 6.92 Å². The van der Waals surface area contributed by atoms with Gasteiger partial charge >= 0.3 is 6.09 Å². The molecule has 5 heteroatoms. The van der Waals surface area contributed by atoms with Gasteiger partial charge in [0.2, 0.25) is 0 Å². The number of anilines is 1. The van der Waals surface area contributed by atoms with E-state index in [0.29, 0.717) is 31.3 Å². The van der Waals surface area contributed by atoms with E-state index in [9.17, 15) is 4.79 Å². The first-order chi connectivity index (χ1) is 8.26. The van der Waals surface area contributed by atoms with E-state index in [2.05, 4.69) is 5.32 Å². The molecule has 94 valence electrons. The number of carbonyl (C=O) groups excluding carboxylic acids is 1. The molecule has 0 aromatic heterocycles. The van der Waals surface area contributed by atoms with Crippen LogP contribution in [-0.2, 0) is 9.47 Å². The molecule has 17 heavy (non-hydrogen) atoms. The van der Waals surface area contributed by atoms with Crippen LogP contribution in [0.5, 0.6) is 5.75 Å². The average Bonchev–Trinajstić information content (AvgIpc) is 2.30. The summed E-state index contributed by atoms with van der Waals surface area (Å²) in [4.78, 5) is 11.2. The fraction of sp³-hybridized carbons (Fsp3) is 0.417. The summed E-state index contributed by atoms with van der Waals surface area (Å²) in [7, 11) is 1.61. The van der Waals surface area contributed by atoms with Crippen molar-refractivity contribution in [3.63, 3.8) is 0 Å². The summed E-state index contributed by atoms with van der Waals surface area (Å²) < 4.78 is 15.1. The van der Waals surface area contributed by atoms with E-state index in [1.54, 1.807) is 32.2 Å². The Kier molecular flexibility index (Phi) is 5.88. The lowest BCUT2D eigenvalue weighted by Crippen LogP contribution is -2.13. The monoisotopic (exact) mass is 239 g/mol. The first kappa shape index (κ1) is 13.3. The number of hydrogen-bond donors (Lipinski definition) is 1. The number of ether oxygens (including phenoxy) is 3. The molecule has 0 fully saturated rings. The molecule has 0 unspecified atom stereocenters. The number of hydrogen-bond acceptors (Lipinski definition) is 4. The molecule has 0 bridgehead atoms. The number of methoxy groups -OCH3 is 1. The second-order valence-electron chi connectivity index (χ2n) is 3.21. The van der Waals surface area contributed by atoms with E-state index in [1.165, 1.54) is 0 Å². The third-order valence-corrected chi connectivity index (χ3v) is 1.91. The quantitative estimate of drug-likeness (QED) is 0.774. The molecule has 0 atom stereocenters. The Balaban J connectivity index is 2.50. The maximum atomic E-state index is 11.2. The van der Waals surface area contributed by atoms with Gasteiger partial charge in [0.05, 0.1) is 13.2 Å². The second kappa shape index (κ2) is 7.51. The van der Waals surface area contributed by atoms with Crippen molar-refractivity contribution in [3.05, 3.63) is 24.3 Å². The van der Waals surface area contributed by atoms with E-state index in [4.69, 9.17) is 14.2 Å². The molecule has 0 heterocycles. The molecule has 0 saturated heterocycles. The first-order valence-corrected chi connectivity index (χ1v) is 5.42. The molecule has 0 aliphatic carbocycles. The van der Waals surface area contributed by atoms with Crippen LogP contribution in [0, 0.1) is 0 Å². The van der Waals surface area contributed by atoms with Crippen LogP contribution in [0.3, 0.4) is 0 Å². The average molecular weight is 239 g/mol. The van der Waals surface area contributed by atoms with Crippen molar-refractivity contribution < 1.29 is 19.0 Å². The lowest BCUT2D eigenvalue weighted by molar-refractivity contribution is 0.146. The van der Waals surface area contributed by atoms with Crippen molar-refractivity contribution in [2.75, 3.05) is 32.2 Å². The maximum Gasteiger partial charge on any atom is 0.411 e. The topological polar surface area (TPSA) is 56.8 Å². The Labute approximate surface area is 101 Å². The van der Waals surface area contributed by atoms with E-state index >= 15 is 0 Å². The van der Waals surface area contributed by atoms with Crippen LogP contribution in [0.2, 0.25) is 0 Å². The molecule has 0 saturated carbocycles. The van der Waals surface area contributed by atoms with E-state index in [-0.39, 0.29) is 0 Å². The SMILES string of the molecule is CCOC(=O)Nc1cccc(OCCOC)c1. The minimum Gasteiger partial charge on any atom is -0.491 e. The zero-order valence-electron chi connectivity index (χ0n) is 10.1. The highest BCUT2D eigenvalue weighted by Gasteiger charge is 2.02. The summed E-state index contributed by atoms with van der Waals surface area (Å²) in [6, 6.07) is 7.10. The predicted molar refractivity (Wildman–Crippen MR) is 64.5 cm³/mol. The zero-order valence-corrected chi connectivity index (χ0v) is 10.1. The van der Waals surface area contributed by atoms with Crippen LogP contribution in [-0.4, -0.2) is 33.0 Å². The Morgan fingerprint density at radius 1 is 1.35 bits per heavy atom. The molecule has 1 amide bonds. The molecular weight excluding hydrogens is 222 g/mol. The number of benzene rings is 1. The molecule has 1 aromatic carbocycles. The zero-order chi connectivity index (χ0) is 12.5. The summed E-state index contributed by atoms with van der Waals surface area (Å²) in [5.41, 5.74) is 0.637. The van der Waals surface area contributed by atoms with Gasteiger partial charge in [-0.25, -0.2) is 4.79 Å². The standard InChI is InChI=1S/C12H17NO4/c1-3-16-12(14)13-10-5-4-6-11(9-10)17-8-7-15-2/h4-6,9H,3,7-8H2,1-2H3,(H,13,14). The fourth-order valence-corrected chi connectivity index (χ4v) is 1.19. The molecule has 5 nitrogen and oxygen atoms in total. The molecule has 0 aliphatic heterocycles. The highest BCUT2D eigenvalue weighted by Crippen LogP contribution is 2.17. The van der Waals surface area contributed by atoms with Crippen LogP contribution in [0.15, 0.2) is 24.3 Å². The van der Waals surface area contributed by atoms with Crippen molar-refractivity contribution in [2.24, 2.45) is 0 Å². The summed E-state index contributed by atoms with van der Waals surface area (Å²) in [5, 5.41) is 2.60. The van der Waals surface area contributed by atoms with Gasteiger partial charge in [0, 0.05) is 18.9 Å². The molecule has 1 N–H and O–H groups in total. The van der Waals surface area contributed by atoms with Crippen molar-refractivity contribution in [1.82, 2.24) is 0 Å². The minimum absolute atomic E-state index is 0.343. The smallest absolute Gasteiger partial charge is 0.411 e. The summed E-state index contributed by atoms with van der Waals surface area (Å²) in [6.07, 6.45) is -0.471. The maximum absolute atomic E-state index is 11.2. The van der Waals surface area contributed by atoms with Crippen LogP contribution in [0.25, 0.3) is 0 Å². The van der Waals surface area contributed by atoms with Gasteiger partial charge in [-0.15, -0.1) is 0 Å². The molecule has 1 rings (SSSR count). The van der Waals surface area contributed by atoms with Gasteiger partial charge in [0.25, 0.3) is 0 Å². The molecule has 1 aromatic rings. The van der Waals surface area contributed by atoms with Gasteiger partial charge in [-0.2, -0.15) is 0 Å². The highest BCUT2D eigenvalue weighted by atomic mass is 16.5. The van der Waals surface area contributed by atoms with Crippen molar-refractivity contribution >= 4 is 11.8 Å². The van der Waals surface area contributed by atoms with E-state index < -0.39 is 6.09 Å². The van der Waals surface area contributed by atoms with Gasteiger partial charge in [-0.3, -0.25) is 5.32 Å². The Morgan fingerprint density at radius 3 is 2.88 bits per heavy atom. The van der Waals surface area contributed by atoms with Gasteiger partial charge < -0.3 is 14.2 Å². The predicted octanol–water partition coefficient (Wildman–Crippen LogP) is 2.28. The number of carbonyl (C=O) groups is 1. The van der Waals surface area contributed by atoms with Crippen LogP contribution >= 0.6 is 0 Å². The largest absolute Gasteiger partial charge is 0.491 e. The van der Waals surface area contributed by atoms with Gasteiger partial charge in [0.15, 0.2) is 0 Å². The molecule has 0 spiro atoms. The Morgan fingerprint density at radius 2 is 2.18 bits per heavy atom. The van der Waals surface area contributed by atoms with Crippen molar-refractivity contribution in [1.29, 1.82) is 0 Å². The Bertz CT molecular complexity index is 354. The van der Waals surface area contributed by atoms with Crippen molar-refractivity contribution in [3.8, 4) is 5.75 Å². The Hall–Kier alpha value is -1.75. The van der Waals surface area contributed by atoms with Gasteiger partial charge in [-0.1, -0.05) is 6.07 Å². The molecule has 0 aliphatic rings. The van der Waals surface area contributed by atoms with Crippen LogP contribution < -0.4 is 10.1 Å². The van der Waals surface area contributed by atoms with Gasteiger partial charge in [0.1, 0.15) is 12.4 Å². The normalized spacial score (nSPS) is 9.76. The summed E-state index contributed by atoms with van der Waals surface area (Å²) in [5.74, 6) is 0.677. The van der Waals surface area contributed by atoms with E-state index in [0.717, 1.165) is 0 Å². The summed E-state index contributed by atoms with van der Waals surface area (Å²) in [6.45, 7) is 3.09. The lowest BCUT2D eigenvalue weighted by Gasteiger charge is -2.08. The van der Waals surface area contributed by atoms with Crippen LogP contribution in [0.4, 0.5) is 10.5 Å². The molecule has 0 radical (unpaired) electrons. The second-order valence-corrected chi connectivity index (χ2v) is 3.21. The van der Waals surface area contributed by atoms with Crippen LogP contribution in [0.1, 0.15) is 6.92 Å². The third kappa shape index (κ3) is 5.21. The minimum atomic E-state index is -0.471. The third-order valence-electron chi connectivity index (χ3n) is 1.91. The first-order valence-electron chi connectivity index (χ1n) is 5.42. The number of nitrogens with one attached hydrogen (secondary N) is 1. The molecular formula is C12H17NO4. The van der Waals surface area contributed by atoms with Gasteiger partial charge in [-0.05, 0) is 19.1 Å². The summed E-state index contributed by atoms with van der Waals surface area (Å²) >= 11 is 0. The lowest BCUT2D eigenvalue weighted by atomic mass is 10.3. The number of amides is 1. The van der Waals surface area contributed by atoms with E-state index in [1.807, 2.05) is 6.07 Å².